The molecule has 98 valence electrons. The molecule has 1 aromatic carbocycles. The lowest BCUT2D eigenvalue weighted by Gasteiger charge is -2.22. The molecule has 1 N–H and O–H groups in total. The molecule has 1 heterocycles. The van der Waals surface area contributed by atoms with Crippen LogP contribution in [-0.4, -0.2) is 44.0 Å². The minimum atomic E-state index is 0.365. The Morgan fingerprint density at radius 1 is 1.17 bits per heavy atom. The van der Waals surface area contributed by atoms with Gasteiger partial charge in [-0.25, -0.2) is 0 Å². The highest BCUT2D eigenvalue weighted by Gasteiger charge is 2.04. The summed E-state index contributed by atoms with van der Waals surface area (Å²) in [5.41, 5.74) is 1.01. The summed E-state index contributed by atoms with van der Waals surface area (Å²) < 4.78 is 4.54. The quantitative estimate of drug-likeness (QED) is 0.786. The predicted octanol–water partition coefficient (Wildman–Crippen LogP) is 0.408. The van der Waals surface area contributed by atoms with Crippen LogP contribution in [0.25, 0.3) is 0 Å². The molecule has 1 aliphatic rings. The molecule has 0 radical (unpaired) electrons. The van der Waals surface area contributed by atoms with E-state index in [2.05, 4.69) is 10.1 Å². The minimum Gasteiger partial charge on any atom is -0.463 e. The van der Waals surface area contributed by atoms with E-state index < -0.39 is 0 Å². The van der Waals surface area contributed by atoms with Crippen molar-refractivity contribution in [2.24, 2.45) is 0 Å². The molecule has 0 spiro atoms. The highest BCUT2D eigenvalue weighted by Crippen LogP contribution is 1.98. The van der Waals surface area contributed by atoms with Gasteiger partial charge in [0, 0.05) is 26.2 Å². The van der Waals surface area contributed by atoms with E-state index in [0.717, 1.165) is 38.2 Å². The van der Waals surface area contributed by atoms with Gasteiger partial charge in [0.2, 0.25) is 6.41 Å². The second kappa shape index (κ2) is 9.18. The zero-order chi connectivity index (χ0) is 13.1. The van der Waals surface area contributed by atoms with Crippen LogP contribution in [0, 0.1) is 0 Å². The molecule has 0 saturated carbocycles. The number of rotatable bonds is 4. The zero-order valence-corrected chi connectivity index (χ0v) is 10.2. The molecule has 18 heavy (non-hydrogen) atoms. The molecule has 0 atom stereocenters. The Morgan fingerprint density at radius 2 is 1.83 bits per heavy atom. The van der Waals surface area contributed by atoms with Crippen molar-refractivity contribution in [2.75, 3.05) is 26.2 Å². The van der Waals surface area contributed by atoms with Crippen molar-refractivity contribution in [1.29, 1.82) is 0 Å². The Kier molecular flexibility index (Phi) is 7.23. The van der Waals surface area contributed by atoms with E-state index in [1.807, 2.05) is 30.3 Å². The first kappa shape index (κ1) is 14.2. The molecule has 0 aromatic heterocycles. The SMILES string of the molecule is O=CN1CCNCC1.O=COCc1ccccc1. The number of nitrogens with one attached hydrogen (secondary N) is 1. The average Bonchev–Trinajstić information content (AvgIpc) is 2.48. The van der Waals surface area contributed by atoms with Crippen LogP contribution in [0.5, 0.6) is 0 Å². The number of carbonyl (C=O) groups excluding carboxylic acids is 2. The van der Waals surface area contributed by atoms with Crippen LogP contribution in [0.15, 0.2) is 30.3 Å². The predicted molar refractivity (Wildman–Crippen MR) is 67.8 cm³/mol. The summed E-state index contributed by atoms with van der Waals surface area (Å²) in [4.78, 5) is 21.6. The molecule has 1 saturated heterocycles. The summed E-state index contributed by atoms with van der Waals surface area (Å²) in [7, 11) is 0. The van der Waals surface area contributed by atoms with Crippen LogP contribution in [0.3, 0.4) is 0 Å². The highest BCUT2D eigenvalue weighted by molar-refractivity contribution is 5.47. The molecular weight excluding hydrogens is 232 g/mol. The Hall–Kier alpha value is -1.88. The smallest absolute Gasteiger partial charge is 0.293 e. The molecule has 1 fully saturated rings. The van der Waals surface area contributed by atoms with Crippen molar-refractivity contribution in [3.05, 3.63) is 35.9 Å². The van der Waals surface area contributed by atoms with Gasteiger partial charge in [-0.05, 0) is 5.56 Å². The number of hydrogen-bond acceptors (Lipinski definition) is 4. The van der Waals surface area contributed by atoms with Gasteiger partial charge in [-0.15, -0.1) is 0 Å². The average molecular weight is 250 g/mol. The lowest BCUT2D eigenvalue weighted by atomic mass is 10.2. The van der Waals surface area contributed by atoms with E-state index in [1.54, 1.807) is 4.90 Å². The number of nitrogens with zero attached hydrogens (tertiary/aromatic N) is 1. The van der Waals surface area contributed by atoms with Crippen LogP contribution in [0.1, 0.15) is 5.56 Å². The monoisotopic (exact) mass is 250 g/mol. The maximum Gasteiger partial charge on any atom is 0.293 e. The molecule has 0 aliphatic carbocycles. The van der Waals surface area contributed by atoms with E-state index in [-0.39, 0.29) is 0 Å². The van der Waals surface area contributed by atoms with Gasteiger partial charge in [0.1, 0.15) is 6.61 Å². The first-order chi connectivity index (χ1) is 8.86. The minimum absolute atomic E-state index is 0.365. The lowest BCUT2D eigenvalue weighted by Crippen LogP contribution is -2.42. The van der Waals surface area contributed by atoms with Gasteiger partial charge in [0.25, 0.3) is 6.47 Å². The third-order valence-corrected chi connectivity index (χ3v) is 2.46. The third-order valence-electron chi connectivity index (χ3n) is 2.46. The molecule has 5 heteroatoms. The van der Waals surface area contributed by atoms with Gasteiger partial charge in [-0.1, -0.05) is 30.3 Å². The Labute approximate surface area is 107 Å². The molecule has 1 aromatic rings. The fourth-order valence-electron chi connectivity index (χ4n) is 1.49. The van der Waals surface area contributed by atoms with Crippen LogP contribution in [0.2, 0.25) is 0 Å². The van der Waals surface area contributed by atoms with E-state index in [4.69, 9.17) is 0 Å². The first-order valence-electron chi connectivity index (χ1n) is 5.86. The van der Waals surface area contributed by atoms with Crippen LogP contribution in [-0.2, 0) is 20.9 Å². The van der Waals surface area contributed by atoms with Gasteiger partial charge < -0.3 is 15.0 Å². The van der Waals surface area contributed by atoms with Gasteiger partial charge in [-0.2, -0.15) is 0 Å². The van der Waals surface area contributed by atoms with E-state index in [0.29, 0.717) is 13.1 Å². The maximum atomic E-state index is 10.1. The number of hydrogen-bond donors (Lipinski definition) is 1. The molecule has 2 rings (SSSR count). The Morgan fingerprint density at radius 3 is 2.33 bits per heavy atom. The molecule has 0 bridgehead atoms. The van der Waals surface area contributed by atoms with Crippen LogP contribution < -0.4 is 5.32 Å². The van der Waals surface area contributed by atoms with Gasteiger partial charge >= 0.3 is 0 Å². The molecule has 1 amide bonds. The third kappa shape index (κ3) is 6.00. The fraction of sp³-hybridized carbons (Fsp3) is 0.385. The first-order valence-corrected chi connectivity index (χ1v) is 5.86. The number of piperazine rings is 1. The number of benzene rings is 1. The van der Waals surface area contributed by atoms with E-state index in [1.165, 1.54) is 0 Å². The normalized spacial score (nSPS) is 14.1. The van der Waals surface area contributed by atoms with Crippen molar-refractivity contribution < 1.29 is 14.3 Å². The van der Waals surface area contributed by atoms with Crippen molar-refractivity contribution in [3.63, 3.8) is 0 Å². The summed E-state index contributed by atoms with van der Waals surface area (Å²) >= 11 is 0. The number of amides is 1. The van der Waals surface area contributed by atoms with Crippen molar-refractivity contribution in [2.45, 2.75) is 6.61 Å². The summed E-state index contributed by atoms with van der Waals surface area (Å²) in [6, 6.07) is 9.55. The maximum absolute atomic E-state index is 10.1. The molecular formula is C13H18N2O3. The fourth-order valence-corrected chi connectivity index (χ4v) is 1.49. The standard InChI is InChI=1S/C8H8O2.C5H10N2O/c9-7-10-6-8-4-2-1-3-5-8;8-5-7-3-1-6-2-4-7/h1-5,7H,6H2;5-6H,1-4H2. The molecule has 5 nitrogen and oxygen atoms in total. The van der Waals surface area contributed by atoms with Crippen molar-refractivity contribution in [1.82, 2.24) is 10.2 Å². The largest absolute Gasteiger partial charge is 0.463 e. The van der Waals surface area contributed by atoms with Crippen molar-refractivity contribution >= 4 is 12.9 Å². The topological polar surface area (TPSA) is 58.6 Å². The van der Waals surface area contributed by atoms with E-state index in [9.17, 15) is 9.59 Å². The second-order valence-electron chi connectivity index (χ2n) is 3.78. The summed E-state index contributed by atoms with van der Waals surface area (Å²) in [6.45, 7) is 4.43. The number of ether oxygens (including phenoxy) is 1. The molecule has 1 aliphatic heterocycles. The summed E-state index contributed by atoms with van der Waals surface area (Å²) in [5.74, 6) is 0. The van der Waals surface area contributed by atoms with Gasteiger partial charge in [0.05, 0.1) is 0 Å². The zero-order valence-electron chi connectivity index (χ0n) is 10.2. The number of carbonyl (C=O) groups is 2. The van der Waals surface area contributed by atoms with E-state index >= 15 is 0 Å². The van der Waals surface area contributed by atoms with Gasteiger partial charge in [-0.3, -0.25) is 9.59 Å². The molecule has 0 unspecified atom stereocenters. The highest BCUT2D eigenvalue weighted by atomic mass is 16.5. The van der Waals surface area contributed by atoms with Crippen LogP contribution >= 0.6 is 0 Å². The van der Waals surface area contributed by atoms with Crippen molar-refractivity contribution in [3.8, 4) is 0 Å². The Bertz CT molecular complexity index is 337. The van der Waals surface area contributed by atoms with Gasteiger partial charge in [0.15, 0.2) is 0 Å². The summed E-state index contributed by atoms with van der Waals surface area (Å²) in [5, 5.41) is 3.15. The van der Waals surface area contributed by atoms with Crippen LogP contribution in [0.4, 0.5) is 0 Å². The second-order valence-corrected chi connectivity index (χ2v) is 3.78. The Balaban J connectivity index is 0.000000184. The summed E-state index contributed by atoms with van der Waals surface area (Å²) in [6.07, 6.45) is 0.904. The lowest BCUT2D eigenvalue weighted by molar-refractivity contribution is -0.129.